The van der Waals surface area contributed by atoms with Crippen molar-refractivity contribution in [1.82, 2.24) is 0 Å². The summed E-state index contributed by atoms with van der Waals surface area (Å²) in [6, 6.07) is 0. The minimum absolute atomic E-state index is 0.00333. The molecule has 1 N–H and O–H groups in total. The Hall–Kier alpha value is -0.980. The van der Waals surface area contributed by atoms with E-state index in [1.807, 2.05) is 0 Å². The molecular weight excluding hydrogens is 204 g/mol. The van der Waals surface area contributed by atoms with Gasteiger partial charge in [-0.2, -0.15) is 0 Å². The van der Waals surface area contributed by atoms with Crippen molar-refractivity contribution in [3.8, 4) is 0 Å². The van der Waals surface area contributed by atoms with E-state index in [1.54, 1.807) is 6.92 Å². The highest BCUT2D eigenvalue weighted by Gasteiger charge is 2.15. The fourth-order valence-electron chi connectivity index (χ4n) is 0.596. The second-order valence-corrected chi connectivity index (χ2v) is 3.15. The summed E-state index contributed by atoms with van der Waals surface area (Å²) < 4.78 is 4.74. The standard InChI is InChI=1S/C9H16O6/c1-6(4-10)15-13-5-7(2)14-9(12)8(3)11/h4,6-8,11H,5H2,1-3H3. The molecule has 6 nitrogen and oxygen atoms in total. The smallest absolute Gasteiger partial charge is 0.335 e. The van der Waals surface area contributed by atoms with Crippen LogP contribution in [0.4, 0.5) is 0 Å². The molecule has 0 rings (SSSR count). The van der Waals surface area contributed by atoms with E-state index in [9.17, 15) is 9.59 Å². The van der Waals surface area contributed by atoms with Gasteiger partial charge in [0, 0.05) is 0 Å². The number of esters is 1. The lowest BCUT2D eigenvalue weighted by Gasteiger charge is -2.14. The van der Waals surface area contributed by atoms with Gasteiger partial charge < -0.3 is 14.6 Å². The first kappa shape index (κ1) is 14.0. The zero-order valence-electron chi connectivity index (χ0n) is 9.00. The highest BCUT2D eigenvalue weighted by atomic mass is 17.2. The van der Waals surface area contributed by atoms with Crippen molar-refractivity contribution in [2.45, 2.75) is 39.1 Å². The molecule has 3 atom stereocenters. The normalized spacial score (nSPS) is 16.5. The number of aldehydes is 1. The van der Waals surface area contributed by atoms with Crippen LogP contribution in [0.25, 0.3) is 0 Å². The first-order chi connectivity index (χ1) is 6.97. The Balaban J connectivity index is 3.61. The summed E-state index contributed by atoms with van der Waals surface area (Å²) in [5, 5.41) is 8.83. The van der Waals surface area contributed by atoms with Gasteiger partial charge in [0.2, 0.25) is 0 Å². The van der Waals surface area contributed by atoms with Crippen LogP contribution >= 0.6 is 0 Å². The summed E-state index contributed by atoms with van der Waals surface area (Å²) in [7, 11) is 0. The van der Waals surface area contributed by atoms with Crippen LogP contribution in [0.2, 0.25) is 0 Å². The summed E-state index contributed by atoms with van der Waals surface area (Å²) in [4.78, 5) is 30.2. The van der Waals surface area contributed by atoms with Gasteiger partial charge in [0.05, 0.1) is 0 Å². The Bertz CT molecular complexity index is 203. The largest absolute Gasteiger partial charge is 0.458 e. The van der Waals surface area contributed by atoms with Crippen molar-refractivity contribution >= 4 is 12.3 Å². The monoisotopic (exact) mass is 220 g/mol. The lowest BCUT2D eigenvalue weighted by atomic mass is 10.4. The summed E-state index contributed by atoms with van der Waals surface area (Å²) >= 11 is 0. The molecule has 0 saturated carbocycles. The summed E-state index contributed by atoms with van der Waals surface area (Å²) in [5.74, 6) is -0.727. The Kier molecular flexibility index (Phi) is 6.85. The molecule has 0 fully saturated rings. The summed E-state index contributed by atoms with van der Waals surface area (Å²) in [6.45, 7) is 4.40. The Morgan fingerprint density at radius 3 is 2.47 bits per heavy atom. The second kappa shape index (κ2) is 7.33. The minimum atomic E-state index is -1.16. The first-order valence-corrected chi connectivity index (χ1v) is 4.59. The summed E-state index contributed by atoms with van der Waals surface area (Å²) in [5.41, 5.74) is 0. The quantitative estimate of drug-likeness (QED) is 0.278. The van der Waals surface area contributed by atoms with Crippen molar-refractivity contribution in [3.63, 3.8) is 0 Å². The van der Waals surface area contributed by atoms with Crippen LogP contribution in [0.3, 0.4) is 0 Å². The fourth-order valence-corrected chi connectivity index (χ4v) is 0.596. The molecule has 0 aromatic carbocycles. The molecule has 0 aromatic rings. The SMILES string of the molecule is CC(C=O)OOCC(C)OC(=O)C(C)O. The van der Waals surface area contributed by atoms with E-state index in [0.29, 0.717) is 6.29 Å². The van der Waals surface area contributed by atoms with Gasteiger partial charge >= 0.3 is 5.97 Å². The van der Waals surface area contributed by atoms with Gasteiger partial charge in [0.15, 0.2) is 6.29 Å². The molecule has 0 radical (unpaired) electrons. The zero-order valence-corrected chi connectivity index (χ0v) is 9.00. The average molecular weight is 220 g/mol. The van der Waals surface area contributed by atoms with Gasteiger partial charge in [-0.1, -0.05) is 0 Å². The Labute approximate surface area is 88.0 Å². The van der Waals surface area contributed by atoms with Gasteiger partial charge in [0.25, 0.3) is 0 Å². The van der Waals surface area contributed by atoms with Gasteiger partial charge in [-0.15, -0.1) is 0 Å². The molecule has 0 aliphatic heterocycles. The number of aliphatic hydroxyl groups is 1. The highest BCUT2D eigenvalue weighted by molar-refractivity contribution is 5.73. The van der Waals surface area contributed by atoms with Gasteiger partial charge in [-0.25, -0.2) is 14.6 Å². The number of carbonyl (C=O) groups is 2. The van der Waals surface area contributed by atoms with Crippen molar-refractivity contribution < 1.29 is 29.2 Å². The molecule has 0 aliphatic carbocycles. The second-order valence-electron chi connectivity index (χ2n) is 3.15. The molecular formula is C9H16O6. The predicted octanol–water partition coefficient (Wildman–Crippen LogP) is -0.165. The predicted molar refractivity (Wildman–Crippen MR) is 49.8 cm³/mol. The van der Waals surface area contributed by atoms with Gasteiger partial charge in [-0.05, 0) is 20.8 Å². The number of hydrogen-bond acceptors (Lipinski definition) is 6. The van der Waals surface area contributed by atoms with E-state index in [4.69, 9.17) is 9.84 Å². The van der Waals surface area contributed by atoms with Crippen LogP contribution in [-0.2, 0) is 24.1 Å². The maximum absolute atomic E-state index is 10.9. The third-order valence-corrected chi connectivity index (χ3v) is 1.37. The molecule has 15 heavy (non-hydrogen) atoms. The number of carbonyl (C=O) groups excluding carboxylic acids is 2. The maximum atomic E-state index is 10.9. The van der Waals surface area contributed by atoms with Gasteiger partial charge in [0.1, 0.15) is 24.9 Å². The van der Waals surface area contributed by atoms with E-state index in [2.05, 4.69) is 9.78 Å². The van der Waals surface area contributed by atoms with Crippen LogP contribution < -0.4 is 0 Å². The summed E-state index contributed by atoms with van der Waals surface area (Å²) in [6.07, 6.45) is -1.80. The zero-order chi connectivity index (χ0) is 11.8. The number of aliphatic hydroxyl groups excluding tert-OH is 1. The molecule has 6 heteroatoms. The number of rotatable bonds is 7. The van der Waals surface area contributed by atoms with Crippen LogP contribution in [0, 0.1) is 0 Å². The lowest BCUT2D eigenvalue weighted by Crippen LogP contribution is -2.27. The molecule has 0 aromatic heterocycles. The van der Waals surface area contributed by atoms with Crippen LogP contribution in [0.15, 0.2) is 0 Å². The molecule has 0 spiro atoms. The molecule has 0 bridgehead atoms. The number of ether oxygens (including phenoxy) is 1. The molecule has 0 aliphatic rings. The highest BCUT2D eigenvalue weighted by Crippen LogP contribution is 1.97. The first-order valence-electron chi connectivity index (χ1n) is 4.59. The molecule has 0 heterocycles. The van der Waals surface area contributed by atoms with Crippen molar-refractivity contribution in [2.24, 2.45) is 0 Å². The van der Waals surface area contributed by atoms with E-state index < -0.39 is 24.3 Å². The van der Waals surface area contributed by atoms with Crippen molar-refractivity contribution in [2.75, 3.05) is 6.61 Å². The van der Waals surface area contributed by atoms with E-state index in [1.165, 1.54) is 13.8 Å². The van der Waals surface area contributed by atoms with Crippen LogP contribution in [0.1, 0.15) is 20.8 Å². The minimum Gasteiger partial charge on any atom is -0.458 e. The topological polar surface area (TPSA) is 82.1 Å². The molecule has 0 amide bonds. The molecule has 3 unspecified atom stereocenters. The Morgan fingerprint density at radius 2 is 2.00 bits per heavy atom. The molecule has 0 saturated heterocycles. The number of hydrogen-bond donors (Lipinski definition) is 1. The maximum Gasteiger partial charge on any atom is 0.335 e. The van der Waals surface area contributed by atoms with Crippen molar-refractivity contribution in [1.29, 1.82) is 0 Å². The van der Waals surface area contributed by atoms with Crippen LogP contribution in [0.5, 0.6) is 0 Å². The van der Waals surface area contributed by atoms with Gasteiger partial charge in [-0.3, -0.25) is 0 Å². The van der Waals surface area contributed by atoms with Crippen molar-refractivity contribution in [3.05, 3.63) is 0 Å². The average Bonchev–Trinajstić information content (AvgIpc) is 2.17. The van der Waals surface area contributed by atoms with E-state index in [0.717, 1.165) is 0 Å². The Morgan fingerprint density at radius 1 is 1.40 bits per heavy atom. The molecule has 88 valence electrons. The fraction of sp³-hybridized carbons (Fsp3) is 0.778. The van der Waals surface area contributed by atoms with E-state index >= 15 is 0 Å². The van der Waals surface area contributed by atoms with E-state index in [-0.39, 0.29) is 6.61 Å². The third-order valence-electron chi connectivity index (χ3n) is 1.37. The third kappa shape index (κ3) is 7.01. The lowest BCUT2D eigenvalue weighted by molar-refractivity contribution is -0.319. The van der Waals surface area contributed by atoms with Crippen LogP contribution in [-0.4, -0.2) is 42.3 Å².